The third-order valence-electron chi connectivity index (χ3n) is 2.74. The van der Waals surface area contributed by atoms with E-state index >= 15 is 0 Å². The van der Waals surface area contributed by atoms with Gasteiger partial charge >= 0.3 is 0 Å². The highest BCUT2D eigenvalue weighted by Crippen LogP contribution is 2.02. The molecule has 0 aliphatic carbocycles. The molecule has 1 unspecified atom stereocenters. The summed E-state index contributed by atoms with van der Waals surface area (Å²) >= 11 is 0. The molecule has 0 bridgehead atoms. The Labute approximate surface area is 103 Å². The van der Waals surface area contributed by atoms with Crippen molar-refractivity contribution in [3.8, 4) is 0 Å². The van der Waals surface area contributed by atoms with Crippen molar-refractivity contribution in [3.63, 3.8) is 0 Å². The van der Waals surface area contributed by atoms with Gasteiger partial charge < -0.3 is 10.1 Å². The van der Waals surface area contributed by atoms with Crippen LogP contribution in [-0.4, -0.2) is 25.5 Å². The van der Waals surface area contributed by atoms with Crippen molar-refractivity contribution in [1.82, 2.24) is 5.32 Å². The first-order chi connectivity index (χ1) is 8.24. The molecule has 0 aliphatic rings. The molecule has 1 aromatic rings. The average Bonchev–Trinajstić information content (AvgIpc) is 2.38. The van der Waals surface area contributed by atoms with Gasteiger partial charge in [0, 0.05) is 13.0 Å². The third kappa shape index (κ3) is 5.61. The highest BCUT2D eigenvalue weighted by atomic mass is 16.5. The summed E-state index contributed by atoms with van der Waals surface area (Å²) in [6, 6.07) is 10.0. The van der Waals surface area contributed by atoms with Crippen LogP contribution in [0.1, 0.15) is 25.3 Å². The highest BCUT2D eigenvalue weighted by molar-refractivity contribution is 5.83. The van der Waals surface area contributed by atoms with E-state index in [0.29, 0.717) is 19.6 Å². The van der Waals surface area contributed by atoms with Crippen LogP contribution in [0, 0.1) is 0 Å². The van der Waals surface area contributed by atoms with Crippen LogP contribution in [0.5, 0.6) is 0 Å². The van der Waals surface area contributed by atoms with Gasteiger partial charge in [-0.15, -0.1) is 0 Å². The molecule has 1 rings (SSSR count). The Morgan fingerprint density at radius 3 is 2.71 bits per heavy atom. The Kier molecular flexibility index (Phi) is 6.51. The van der Waals surface area contributed by atoms with Gasteiger partial charge in [0.05, 0.1) is 12.6 Å². The summed E-state index contributed by atoms with van der Waals surface area (Å²) in [5.41, 5.74) is 1.17. The Morgan fingerprint density at radius 2 is 2.06 bits per heavy atom. The van der Waals surface area contributed by atoms with E-state index in [9.17, 15) is 4.79 Å². The Balaban J connectivity index is 2.07. The molecule has 0 saturated carbocycles. The zero-order valence-corrected chi connectivity index (χ0v) is 10.6. The number of likely N-dealkylation sites (N-methyl/N-ethyl adjacent to an activating group) is 1. The molecule has 1 atom stereocenters. The summed E-state index contributed by atoms with van der Waals surface area (Å²) in [7, 11) is 1.80. The van der Waals surface area contributed by atoms with Crippen LogP contribution in [0.2, 0.25) is 0 Å². The van der Waals surface area contributed by atoms with Crippen LogP contribution < -0.4 is 5.32 Å². The smallest absolute Gasteiger partial charge is 0.149 e. The number of Topliss-reactive ketones (excluding diaryl/α,β-unsaturated/α-hetero) is 1. The second-order valence-electron chi connectivity index (χ2n) is 4.12. The zero-order valence-electron chi connectivity index (χ0n) is 10.6. The number of nitrogens with one attached hydrogen (secondary N) is 1. The van der Waals surface area contributed by atoms with Crippen LogP contribution in [0.3, 0.4) is 0 Å². The van der Waals surface area contributed by atoms with E-state index in [1.807, 2.05) is 37.3 Å². The van der Waals surface area contributed by atoms with E-state index in [1.54, 1.807) is 7.05 Å². The largest absolute Gasteiger partial charge is 0.377 e. The molecule has 1 N–H and O–H groups in total. The van der Waals surface area contributed by atoms with Gasteiger partial charge in [-0.25, -0.2) is 0 Å². The van der Waals surface area contributed by atoms with E-state index < -0.39 is 0 Å². The maximum absolute atomic E-state index is 11.5. The van der Waals surface area contributed by atoms with Crippen LogP contribution in [0.25, 0.3) is 0 Å². The summed E-state index contributed by atoms with van der Waals surface area (Å²) in [5.74, 6) is 0.246. The van der Waals surface area contributed by atoms with Crippen molar-refractivity contribution in [2.75, 3.05) is 13.7 Å². The minimum Gasteiger partial charge on any atom is -0.377 e. The Bertz CT molecular complexity index is 324. The molecule has 0 radical (unpaired) electrons. The fourth-order valence-electron chi connectivity index (χ4n) is 1.49. The van der Waals surface area contributed by atoms with Crippen molar-refractivity contribution in [1.29, 1.82) is 0 Å². The normalized spacial score (nSPS) is 12.4. The number of carbonyl (C=O) groups is 1. The van der Waals surface area contributed by atoms with Crippen molar-refractivity contribution in [2.24, 2.45) is 0 Å². The maximum Gasteiger partial charge on any atom is 0.149 e. The van der Waals surface area contributed by atoms with Crippen LogP contribution >= 0.6 is 0 Å². The average molecular weight is 235 g/mol. The molecule has 17 heavy (non-hydrogen) atoms. The summed E-state index contributed by atoms with van der Waals surface area (Å²) < 4.78 is 5.51. The molecular formula is C14H21NO2. The van der Waals surface area contributed by atoms with Gasteiger partial charge in [-0.1, -0.05) is 30.3 Å². The van der Waals surface area contributed by atoms with Gasteiger partial charge in [0.2, 0.25) is 0 Å². The summed E-state index contributed by atoms with van der Waals surface area (Å²) in [6.07, 6.45) is 1.37. The lowest BCUT2D eigenvalue weighted by atomic mass is 10.1. The Morgan fingerprint density at radius 1 is 1.35 bits per heavy atom. The monoisotopic (exact) mass is 235 g/mol. The van der Waals surface area contributed by atoms with E-state index in [2.05, 4.69) is 5.32 Å². The molecule has 0 aliphatic heterocycles. The molecule has 0 fully saturated rings. The van der Waals surface area contributed by atoms with E-state index in [4.69, 9.17) is 4.74 Å². The van der Waals surface area contributed by atoms with Crippen LogP contribution in [0.15, 0.2) is 30.3 Å². The van der Waals surface area contributed by atoms with Crippen LogP contribution in [-0.2, 0) is 16.1 Å². The number of ketones is 1. The molecule has 1 aromatic carbocycles. The SMILES string of the molecule is CNC(C)C(=O)CCCOCc1ccccc1. The number of ether oxygens (including phenoxy) is 1. The molecule has 94 valence electrons. The molecule has 0 spiro atoms. The number of rotatable bonds is 8. The fourth-order valence-corrected chi connectivity index (χ4v) is 1.49. The third-order valence-corrected chi connectivity index (χ3v) is 2.74. The van der Waals surface area contributed by atoms with E-state index in [-0.39, 0.29) is 11.8 Å². The topological polar surface area (TPSA) is 38.3 Å². The lowest BCUT2D eigenvalue weighted by Gasteiger charge is -2.08. The molecular weight excluding hydrogens is 214 g/mol. The summed E-state index contributed by atoms with van der Waals surface area (Å²) in [5, 5.41) is 2.94. The molecule has 0 heterocycles. The van der Waals surface area contributed by atoms with Crippen molar-refractivity contribution in [2.45, 2.75) is 32.4 Å². The highest BCUT2D eigenvalue weighted by Gasteiger charge is 2.08. The van der Waals surface area contributed by atoms with Crippen molar-refractivity contribution >= 4 is 5.78 Å². The summed E-state index contributed by atoms with van der Waals surface area (Å²) in [4.78, 5) is 11.5. The quantitative estimate of drug-likeness (QED) is 0.702. The minimum absolute atomic E-state index is 0.0517. The molecule has 0 amide bonds. The first-order valence-corrected chi connectivity index (χ1v) is 6.05. The van der Waals surface area contributed by atoms with Gasteiger partial charge in [0.25, 0.3) is 0 Å². The minimum atomic E-state index is -0.0517. The van der Waals surface area contributed by atoms with E-state index in [0.717, 1.165) is 6.42 Å². The number of hydrogen-bond acceptors (Lipinski definition) is 3. The van der Waals surface area contributed by atoms with Gasteiger partial charge in [-0.3, -0.25) is 4.79 Å². The Hall–Kier alpha value is -1.19. The number of hydrogen-bond donors (Lipinski definition) is 1. The van der Waals surface area contributed by atoms with Gasteiger partial charge in [-0.05, 0) is 26.0 Å². The number of carbonyl (C=O) groups excluding carboxylic acids is 1. The lowest BCUT2D eigenvalue weighted by Crippen LogP contribution is -2.30. The van der Waals surface area contributed by atoms with Crippen LogP contribution in [0.4, 0.5) is 0 Å². The standard InChI is InChI=1S/C14H21NO2/c1-12(15-2)14(16)9-6-10-17-11-13-7-4-3-5-8-13/h3-5,7-8,12,15H,6,9-11H2,1-2H3. The molecule has 3 heteroatoms. The zero-order chi connectivity index (χ0) is 12.5. The van der Waals surface area contributed by atoms with Crippen molar-refractivity contribution < 1.29 is 9.53 Å². The maximum atomic E-state index is 11.5. The number of benzene rings is 1. The second-order valence-corrected chi connectivity index (χ2v) is 4.12. The second kappa shape index (κ2) is 7.98. The first-order valence-electron chi connectivity index (χ1n) is 6.05. The molecule has 0 aromatic heterocycles. The predicted molar refractivity (Wildman–Crippen MR) is 68.9 cm³/mol. The molecule has 0 saturated heterocycles. The first kappa shape index (κ1) is 13.9. The van der Waals surface area contributed by atoms with Gasteiger partial charge in [0.1, 0.15) is 5.78 Å². The van der Waals surface area contributed by atoms with Gasteiger partial charge in [-0.2, -0.15) is 0 Å². The fraction of sp³-hybridized carbons (Fsp3) is 0.500. The predicted octanol–water partition coefficient (Wildman–Crippen LogP) is 2.16. The lowest BCUT2D eigenvalue weighted by molar-refractivity contribution is -0.120. The molecule has 3 nitrogen and oxygen atoms in total. The van der Waals surface area contributed by atoms with Gasteiger partial charge in [0.15, 0.2) is 0 Å². The van der Waals surface area contributed by atoms with Crippen molar-refractivity contribution in [3.05, 3.63) is 35.9 Å². The summed E-state index contributed by atoms with van der Waals surface area (Å²) in [6.45, 7) is 3.14. The van der Waals surface area contributed by atoms with E-state index in [1.165, 1.54) is 5.56 Å².